The normalized spacial score (nSPS) is 17.2. The molecule has 0 aliphatic carbocycles. The number of sulfonamides is 1. The van der Waals surface area contributed by atoms with Gasteiger partial charge in [-0.15, -0.1) is 0 Å². The van der Waals surface area contributed by atoms with Gasteiger partial charge >= 0.3 is 0 Å². The smallest absolute Gasteiger partial charge is 0.243 e. The van der Waals surface area contributed by atoms with Crippen LogP contribution in [-0.2, 0) is 27.7 Å². The first-order chi connectivity index (χ1) is 15.0. The van der Waals surface area contributed by atoms with Crippen molar-refractivity contribution in [1.82, 2.24) is 14.3 Å². The third kappa shape index (κ3) is 3.85. The van der Waals surface area contributed by atoms with Crippen molar-refractivity contribution >= 4 is 32.7 Å². The van der Waals surface area contributed by atoms with Crippen LogP contribution in [-0.4, -0.2) is 48.2 Å². The molecule has 0 radical (unpaired) electrons. The summed E-state index contributed by atoms with van der Waals surface area (Å²) in [5.74, 6) is 0.836. The Labute approximate surface area is 182 Å². The SMILES string of the molecule is O=C(CCc1nc2ccccc2[nH]1)N1CCc2cc(S(=O)(=O)N3CCCCC3)ccc21. The Balaban J connectivity index is 1.29. The van der Waals surface area contributed by atoms with Crippen molar-refractivity contribution in [3.63, 3.8) is 0 Å². The topological polar surface area (TPSA) is 86.4 Å². The van der Waals surface area contributed by atoms with E-state index in [0.717, 1.165) is 47.4 Å². The molecule has 31 heavy (non-hydrogen) atoms. The molecule has 3 aromatic rings. The van der Waals surface area contributed by atoms with Crippen LogP contribution in [0.4, 0.5) is 5.69 Å². The second-order valence-electron chi connectivity index (χ2n) is 8.25. The number of amides is 1. The number of imidazole rings is 1. The lowest BCUT2D eigenvalue weighted by Gasteiger charge is -2.26. The van der Waals surface area contributed by atoms with Crippen LogP contribution in [0.25, 0.3) is 11.0 Å². The summed E-state index contributed by atoms with van der Waals surface area (Å²) < 4.78 is 27.5. The maximum Gasteiger partial charge on any atom is 0.243 e. The highest BCUT2D eigenvalue weighted by Crippen LogP contribution is 2.32. The molecule has 5 rings (SSSR count). The molecule has 1 fully saturated rings. The van der Waals surface area contributed by atoms with E-state index < -0.39 is 10.0 Å². The molecule has 0 atom stereocenters. The summed E-state index contributed by atoms with van der Waals surface area (Å²) in [6.07, 6.45) is 4.49. The van der Waals surface area contributed by atoms with Crippen molar-refractivity contribution in [1.29, 1.82) is 0 Å². The summed E-state index contributed by atoms with van der Waals surface area (Å²) in [6.45, 7) is 1.76. The van der Waals surface area contributed by atoms with E-state index in [2.05, 4.69) is 9.97 Å². The van der Waals surface area contributed by atoms with Crippen LogP contribution in [0, 0.1) is 0 Å². The number of fused-ring (bicyclic) bond motifs is 2. The van der Waals surface area contributed by atoms with Gasteiger partial charge in [0.2, 0.25) is 15.9 Å². The number of aromatic nitrogens is 2. The number of nitrogens with zero attached hydrogens (tertiary/aromatic N) is 3. The Morgan fingerprint density at radius 3 is 2.65 bits per heavy atom. The maximum atomic E-state index is 13.0. The van der Waals surface area contributed by atoms with Crippen molar-refractivity contribution < 1.29 is 13.2 Å². The summed E-state index contributed by atoms with van der Waals surface area (Å²) >= 11 is 0. The van der Waals surface area contributed by atoms with E-state index in [1.807, 2.05) is 24.3 Å². The van der Waals surface area contributed by atoms with E-state index in [1.165, 1.54) is 0 Å². The van der Waals surface area contributed by atoms with Gasteiger partial charge in [0.25, 0.3) is 0 Å². The van der Waals surface area contributed by atoms with Crippen LogP contribution in [0.15, 0.2) is 47.4 Å². The van der Waals surface area contributed by atoms with Gasteiger partial charge in [0.15, 0.2) is 0 Å². The molecule has 0 bridgehead atoms. The zero-order valence-electron chi connectivity index (χ0n) is 17.4. The molecular formula is C23H26N4O3S. The average molecular weight is 439 g/mol. The van der Waals surface area contributed by atoms with Crippen LogP contribution in [0.2, 0.25) is 0 Å². The molecule has 0 spiro atoms. The minimum absolute atomic E-state index is 0.0332. The fraction of sp³-hybridized carbons (Fsp3) is 0.391. The van der Waals surface area contributed by atoms with Gasteiger partial charge in [-0.25, -0.2) is 13.4 Å². The Hall–Kier alpha value is -2.71. The van der Waals surface area contributed by atoms with Gasteiger partial charge in [-0.1, -0.05) is 18.6 Å². The lowest BCUT2D eigenvalue weighted by Crippen LogP contribution is -2.35. The maximum absolute atomic E-state index is 13.0. The zero-order chi connectivity index (χ0) is 21.4. The predicted octanol–water partition coefficient (Wildman–Crippen LogP) is 3.26. The fourth-order valence-corrected chi connectivity index (χ4v) is 6.10. The van der Waals surface area contributed by atoms with Gasteiger partial charge in [0.05, 0.1) is 15.9 Å². The summed E-state index contributed by atoms with van der Waals surface area (Å²) in [4.78, 5) is 22.8. The molecule has 1 aromatic heterocycles. The molecule has 2 aliphatic rings. The number of H-pyrrole nitrogens is 1. The number of aromatic amines is 1. The number of benzene rings is 2. The number of hydrogen-bond donors (Lipinski definition) is 1. The Morgan fingerprint density at radius 1 is 1.03 bits per heavy atom. The highest BCUT2D eigenvalue weighted by Gasteiger charge is 2.30. The van der Waals surface area contributed by atoms with Gasteiger partial charge in [0, 0.05) is 38.2 Å². The van der Waals surface area contributed by atoms with Gasteiger partial charge in [-0.2, -0.15) is 4.31 Å². The fourth-order valence-electron chi connectivity index (χ4n) is 4.54. The van der Waals surface area contributed by atoms with Gasteiger partial charge in [-0.05, 0) is 55.2 Å². The van der Waals surface area contributed by atoms with Crippen LogP contribution in [0.5, 0.6) is 0 Å². The van der Waals surface area contributed by atoms with E-state index in [9.17, 15) is 13.2 Å². The molecule has 2 aliphatic heterocycles. The minimum Gasteiger partial charge on any atom is -0.342 e. The first kappa shape index (κ1) is 20.2. The van der Waals surface area contributed by atoms with Crippen molar-refractivity contribution in [2.24, 2.45) is 0 Å². The molecule has 162 valence electrons. The number of rotatable bonds is 5. The van der Waals surface area contributed by atoms with E-state index in [4.69, 9.17) is 0 Å². The second kappa shape index (κ2) is 8.09. The van der Waals surface area contributed by atoms with Crippen LogP contribution >= 0.6 is 0 Å². The molecule has 1 saturated heterocycles. The summed E-state index contributed by atoms with van der Waals surface area (Å²) in [5.41, 5.74) is 3.63. The Kier molecular flexibility index (Phi) is 5.27. The minimum atomic E-state index is -3.46. The van der Waals surface area contributed by atoms with Crippen molar-refractivity contribution in [2.45, 2.75) is 43.4 Å². The Morgan fingerprint density at radius 2 is 1.84 bits per heavy atom. The number of anilines is 1. The van der Waals surface area contributed by atoms with E-state index in [0.29, 0.717) is 43.8 Å². The van der Waals surface area contributed by atoms with Crippen LogP contribution < -0.4 is 4.90 Å². The standard InChI is InChI=1S/C23H26N4O3S/c28-23(11-10-22-24-19-6-2-3-7-20(19)25-22)27-15-12-17-16-18(8-9-21(17)27)31(29,30)26-13-4-1-5-14-26/h2-3,6-9,16H,1,4-5,10-15H2,(H,24,25). The van der Waals surface area contributed by atoms with E-state index in [1.54, 1.807) is 27.4 Å². The lowest BCUT2D eigenvalue weighted by molar-refractivity contribution is -0.118. The monoisotopic (exact) mass is 438 g/mol. The predicted molar refractivity (Wildman–Crippen MR) is 120 cm³/mol. The highest BCUT2D eigenvalue weighted by atomic mass is 32.2. The van der Waals surface area contributed by atoms with E-state index in [-0.39, 0.29) is 5.91 Å². The summed E-state index contributed by atoms with van der Waals surface area (Å²) in [7, 11) is -3.46. The van der Waals surface area contributed by atoms with Gasteiger partial charge in [-0.3, -0.25) is 4.79 Å². The zero-order valence-corrected chi connectivity index (χ0v) is 18.2. The number of nitrogens with one attached hydrogen (secondary N) is 1. The molecular weight excluding hydrogens is 412 g/mol. The molecule has 7 nitrogen and oxygen atoms in total. The molecule has 1 N–H and O–H groups in total. The number of carbonyl (C=O) groups excluding carboxylic acids is 1. The first-order valence-electron chi connectivity index (χ1n) is 10.9. The lowest BCUT2D eigenvalue weighted by atomic mass is 10.2. The summed E-state index contributed by atoms with van der Waals surface area (Å²) in [5, 5.41) is 0. The molecule has 1 amide bonds. The van der Waals surface area contributed by atoms with Crippen LogP contribution in [0.1, 0.15) is 37.1 Å². The van der Waals surface area contributed by atoms with Crippen molar-refractivity contribution in [3.05, 3.63) is 53.9 Å². The van der Waals surface area contributed by atoms with Crippen molar-refractivity contribution in [2.75, 3.05) is 24.5 Å². The number of carbonyl (C=O) groups is 1. The quantitative estimate of drug-likeness (QED) is 0.662. The second-order valence-corrected chi connectivity index (χ2v) is 10.2. The highest BCUT2D eigenvalue weighted by molar-refractivity contribution is 7.89. The van der Waals surface area contributed by atoms with Crippen LogP contribution in [0.3, 0.4) is 0 Å². The third-order valence-corrected chi connectivity index (χ3v) is 8.11. The van der Waals surface area contributed by atoms with Crippen molar-refractivity contribution in [3.8, 4) is 0 Å². The molecule has 8 heteroatoms. The molecule has 3 heterocycles. The number of hydrogen-bond acceptors (Lipinski definition) is 4. The first-order valence-corrected chi connectivity index (χ1v) is 12.3. The third-order valence-electron chi connectivity index (χ3n) is 6.21. The molecule has 0 saturated carbocycles. The molecule has 0 unspecified atom stereocenters. The average Bonchev–Trinajstić information content (AvgIpc) is 3.41. The molecule has 2 aromatic carbocycles. The summed E-state index contributed by atoms with van der Waals surface area (Å²) in [6, 6.07) is 13.0. The number of para-hydroxylation sites is 2. The number of piperidine rings is 1. The Bertz CT molecular complexity index is 1200. The van der Waals surface area contributed by atoms with Gasteiger partial charge in [0.1, 0.15) is 5.82 Å². The number of aryl methyl sites for hydroxylation is 1. The van der Waals surface area contributed by atoms with Gasteiger partial charge < -0.3 is 9.88 Å². The van der Waals surface area contributed by atoms with E-state index >= 15 is 0 Å². The largest absolute Gasteiger partial charge is 0.342 e.